The fraction of sp³-hybridized carbons (Fsp3) is 0.538. The van der Waals surface area contributed by atoms with E-state index >= 15 is 0 Å². The Morgan fingerprint density at radius 2 is 1.90 bits per heavy atom. The van der Waals surface area contributed by atoms with Crippen molar-refractivity contribution in [2.75, 3.05) is 7.11 Å². The summed E-state index contributed by atoms with van der Waals surface area (Å²) in [5.41, 5.74) is -0.681. The van der Waals surface area contributed by atoms with E-state index in [1.54, 1.807) is 20.8 Å². The first-order chi connectivity index (χ1) is 9.71. The van der Waals surface area contributed by atoms with Gasteiger partial charge in [0.05, 0.1) is 19.5 Å². The van der Waals surface area contributed by atoms with E-state index in [-0.39, 0.29) is 18.0 Å². The minimum atomic E-state index is -0.977. The Hall–Kier alpha value is -2.38. The molecule has 1 heterocycles. The largest absolute Gasteiger partial charge is 0.505 e. The SMILES string of the molecule is COC(=O)[C@@H](Cc1ncc(O)cn1)NC(=O)OC(C)(C)C. The average molecular weight is 297 g/mol. The smallest absolute Gasteiger partial charge is 0.408 e. The summed E-state index contributed by atoms with van der Waals surface area (Å²) in [7, 11) is 1.21. The molecule has 0 fully saturated rings. The van der Waals surface area contributed by atoms with Gasteiger partial charge in [-0.2, -0.15) is 0 Å². The van der Waals surface area contributed by atoms with Gasteiger partial charge in [-0.25, -0.2) is 19.6 Å². The van der Waals surface area contributed by atoms with Crippen LogP contribution >= 0.6 is 0 Å². The lowest BCUT2D eigenvalue weighted by Gasteiger charge is -2.22. The molecule has 0 aromatic carbocycles. The number of hydrogen-bond acceptors (Lipinski definition) is 7. The third-order valence-electron chi connectivity index (χ3n) is 2.26. The van der Waals surface area contributed by atoms with Crippen LogP contribution in [-0.4, -0.2) is 45.9 Å². The molecule has 1 rings (SSSR count). The summed E-state index contributed by atoms with van der Waals surface area (Å²) in [5, 5.41) is 11.5. The average Bonchev–Trinajstić information content (AvgIpc) is 2.37. The van der Waals surface area contributed by atoms with E-state index in [0.717, 1.165) is 0 Å². The van der Waals surface area contributed by atoms with Gasteiger partial charge in [0.1, 0.15) is 17.5 Å². The second kappa shape index (κ2) is 6.87. The van der Waals surface area contributed by atoms with Crippen LogP contribution in [0.4, 0.5) is 4.79 Å². The fourth-order valence-electron chi connectivity index (χ4n) is 1.42. The highest BCUT2D eigenvalue weighted by Crippen LogP contribution is 2.08. The lowest BCUT2D eigenvalue weighted by molar-refractivity contribution is -0.143. The van der Waals surface area contributed by atoms with Gasteiger partial charge >= 0.3 is 12.1 Å². The maximum Gasteiger partial charge on any atom is 0.408 e. The molecule has 0 aliphatic carbocycles. The first-order valence-electron chi connectivity index (χ1n) is 6.28. The van der Waals surface area contributed by atoms with Gasteiger partial charge in [0.15, 0.2) is 5.75 Å². The molecule has 1 aromatic rings. The van der Waals surface area contributed by atoms with E-state index in [1.165, 1.54) is 19.5 Å². The molecule has 21 heavy (non-hydrogen) atoms. The molecular weight excluding hydrogens is 278 g/mol. The number of carbonyl (C=O) groups is 2. The van der Waals surface area contributed by atoms with Gasteiger partial charge in [-0.1, -0.05) is 0 Å². The van der Waals surface area contributed by atoms with Crippen molar-refractivity contribution in [2.24, 2.45) is 0 Å². The second-order valence-electron chi connectivity index (χ2n) is 5.28. The summed E-state index contributed by atoms with van der Waals surface area (Å²) in [5.74, 6) is -0.453. The third-order valence-corrected chi connectivity index (χ3v) is 2.26. The van der Waals surface area contributed by atoms with Crippen LogP contribution in [0.2, 0.25) is 0 Å². The number of amides is 1. The van der Waals surface area contributed by atoms with Gasteiger partial charge in [0, 0.05) is 6.42 Å². The molecule has 1 atom stereocenters. The lowest BCUT2D eigenvalue weighted by atomic mass is 10.2. The first kappa shape index (κ1) is 16.7. The van der Waals surface area contributed by atoms with Crippen LogP contribution in [-0.2, 0) is 20.7 Å². The molecule has 0 saturated heterocycles. The molecule has 0 unspecified atom stereocenters. The number of nitrogens with zero attached hydrogens (tertiary/aromatic N) is 2. The van der Waals surface area contributed by atoms with E-state index in [4.69, 9.17) is 9.84 Å². The maximum atomic E-state index is 11.7. The number of hydrogen-bond donors (Lipinski definition) is 2. The van der Waals surface area contributed by atoms with Crippen LogP contribution in [0.3, 0.4) is 0 Å². The number of methoxy groups -OCH3 is 1. The molecule has 0 aliphatic heterocycles. The standard InChI is InChI=1S/C13H19N3O5/c1-13(2,3)21-12(19)16-9(11(18)20-4)5-10-14-6-8(17)7-15-10/h6-7,9,17H,5H2,1-4H3,(H,16,19)/t9-/m1/s1. The Balaban J connectivity index is 2.74. The quantitative estimate of drug-likeness (QED) is 0.790. The van der Waals surface area contributed by atoms with E-state index < -0.39 is 23.7 Å². The summed E-state index contributed by atoms with van der Waals surface area (Å²) in [6.45, 7) is 5.13. The molecule has 2 N–H and O–H groups in total. The minimum Gasteiger partial charge on any atom is -0.505 e. The molecular formula is C13H19N3O5. The number of aromatic hydroxyl groups is 1. The molecule has 1 amide bonds. The molecule has 0 bridgehead atoms. The third kappa shape index (κ3) is 6.07. The highest BCUT2D eigenvalue weighted by Gasteiger charge is 2.26. The number of rotatable bonds is 4. The summed E-state index contributed by atoms with van der Waals surface area (Å²) in [6, 6.07) is -0.977. The van der Waals surface area contributed by atoms with E-state index in [0.29, 0.717) is 0 Å². The number of alkyl carbamates (subject to hydrolysis) is 1. The molecule has 0 aliphatic rings. The van der Waals surface area contributed by atoms with Crippen molar-refractivity contribution in [3.8, 4) is 5.75 Å². The lowest BCUT2D eigenvalue weighted by Crippen LogP contribution is -2.45. The zero-order valence-corrected chi connectivity index (χ0v) is 12.4. The van der Waals surface area contributed by atoms with Crippen LogP contribution < -0.4 is 5.32 Å². The summed E-state index contributed by atoms with van der Waals surface area (Å²) in [6.07, 6.45) is 1.68. The molecule has 8 heteroatoms. The van der Waals surface area contributed by atoms with Crippen molar-refractivity contribution in [1.29, 1.82) is 0 Å². The maximum absolute atomic E-state index is 11.7. The predicted octanol–water partition coefficient (Wildman–Crippen LogP) is 0.791. The Labute approximate surface area is 122 Å². The number of nitrogens with one attached hydrogen (secondary N) is 1. The van der Waals surface area contributed by atoms with Crippen LogP contribution in [0.1, 0.15) is 26.6 Å². The zero-order chi connectivity index (χ0) is 16.0. The van der Waals surface area contributed by atoms with Crippen LogP contribution in [0.15, 0.2) is 12.4 Å². The number of esters is 1. The minimum absolute atomic E-state index is 0.0200. The van der Waals surface area contributed by atoms with Crippen molar-refractivity contribution in [2.45, 2.75) is 38.8 Å². The molecule has 116 valence electrons. The van der Waals surface area contributed by atoms with Gasteiger partial charge < -0.3 is 19.9 Å². The molecule has 1 aromatic heterocycles. The number of ether oxygens (including phenoxy) is 2. The Morgan fingerprint density at radius 1 is 1.33 bits per heavy atom. The fourth-order valence-corrected chi connectivity index (χ4v) is 1.42. The Morgan fingerprint density at radius 3 is 2.38 bits per heavy atom. The van der Waals surface area contributed by atoms with Crippen molar-refractivity contribution in [3.05, 3.63) is 18.2 Å². The van der Waals surface area contributed by atoms with E-state index in [9.17, 15) is 9.59 Å². The summed E-state index contributed by atoms with van der Waals surface area (Å²) in [4.78, 5) is 31.1. The number of carbonyl (C=O) groups excluding carboxylic acids is 2. The predicted molar refractivity (Wildman–Crippen MR) is 72.6 cm³/mol. The van der Waals surface area contributed by atoms with E-state index in [2.05, 4.69) is 20.0 Å². The molecule has 0 saturated carbocycles. The summed E-state index contributed by atoms with van der Waals surface area (Å²) >= 11 is 0. The zero-order valence-electron chi connectivity index (χ0n) is 12.4. The van der Waals surface area contributed by atoms with Crippen LogP contribution in [0.5, 0.6) is 5.75 Å². The Kier molecular flexibility index (Phi) is 5.45. The molecule has 8 nitrogen and oxygen atoms in total. The Bertz CT molecular complexity index is 496. The first-order valence-corrected chi connectivity index (χ1v) is 6.28. The second-order valence-corrected chi connectivity index (χ2v) is 5.28. The van der Waals surface area contributed by atoms with Gasteiger partial charge in [-0.3, -0.25) is 0 Å². The topological polar surface area (TPSA) is 111 Å². The van der Waals surface area contributed by atoms with Crippen LogP contribution in [0.25, 0.3) is 0 Å². The normalized spacial score (nSPS) is 12.4. The van der Waals surface area contributed by atoms with Crippen molar-refractivity contribution >= 4 is 12.1 Å². The van der Waals surface area contributed by atoms with Gasteiger partial charge in [0.25, 0.3) is 0 Å². The van der Waals surface area contributed by atoms with Crippen molar-refractivity contribution < 1.29 is 24.2 Å². The summed E-state index contributed by atoms with van der Waals surface area (Å²) < 4.78 is 9.71. The monoisotopic (exact) mass is 297 g/mol. The highest BCUT2D eigenvalue weighted by atomic mass is 16.6. The van der Waals surface area contributed by atoms with Crippen LogP contribution in [0, 0.1) is 0 Å². The highest BCUT2D eigenvalue weighted by molar-refractivity contribution is 5.81. The van der Waals surface area contributed by atoms with Crippen molar-refractivity contribution in [1.82, 2.24) is 15.3 Å². The number of aromatic nitrogens is 2. The van der Waals surface area contributed by atoms with E-state index in [1.807, 2.05) is 0 Å². The van der Waals surface area contributed by atoms with Gasteiger partial charge in [-0.05, 0) is 20.8 Å². The molecule has 0 spiro atoms. The van der Waals surface area contributed by atoms with Crippen molar-refractivity contribution in [3.63, 3.8) is 0 Å². The molecule has 0 radical (unpaired) electrons. The van der Waals surface area contributed by atoms with Gasteiger partial charge in [-0.15, -0.1) is 0 Å². The van der Waals surface area contributed by atoms with Gasteiger partial charge in [0.2, 0.25) is 0 Å².